The van der Waals surface area contributed by atoms with E-state index in [4.69, 9.17) is 9.47 Å². The van der Waals surface area contributed by atoms with E-state index >= 15 is 0 Å². The monoisotopic (exact) mass is 364 g/mol. The van der Waals surface area contributed by atoms with E-state index in [9.17, 15) is 4.79 Å². The summed E-state index contributed by atoms with van der Waals surface area (Å²) in [7, 11) is 1.65. The third-order valence-corrected chi connectivity index (χ3v) is 5.09. The topological polar surface area (TPSA) is 52.5 Å². The van der Waals surface area contributed by atoms with Crippen LogP contribution in [0.2, 0.25) is 0 Å². The molecule has 1 saturated heterocycles. The molecule has 3 aromatic rings. The molecule has 1 aliphatic heterocycles. The number of hydrogen-bond donors (Lipinski definition) is 1. The Hall–Kier alpha value is -2.79. The molecule has 0 amide bonds. The van der Waals surface area contributed by atoms with Gasteiger partial charge < -0.3 is 19.4 Å². The van der Waals surface area contributed by atoms with Crippen LogP contribution in [0.5, 0.6) is 11.5 Å². The number of nitrogens with zero attached hydrogens (tertiary/aromatic N) is 1. The minimum absolute atomic E-state index is 0.0144. The number of pyridine rings is 1. The Labute approximate surface area is 158 Å². The lowest BCUT2D eigenvalue weighted by Crippen LogP contribution is -2.21. The zero-order valence-electron chi connectivity index (χ0n) is 15.7. The molecule has 2 heterocycles. The molecule has 5 heteroatoms. The van der Waals surface area contributed by atoms with Gasteiger partial charge in [0.05, 0.1) is 13.7 Å². The van der Waals surface area contributed by atoms with Gasteiger partial charge in [0, 0.05) is 18.1 Å². The first-order valence-electron chi connectivity index (χ1n) is 9.28. The highest BCUT2D eigenvalue weighted by molar-refractivity contribution is 5.84. The van der Waals surface area contributed by atoms with Crippen LogP contribution in [0.25, 0.3) is 10.8 Å². The number of benzene rings is 2. The van der Waals surface area contributed by atoms with Gasteiger partial charge >= 0.3 is 0 Å². The molecule has 1 fully saturated rings. The summed E-state index contributed by atoms with van der Waals surface area (Å²) in [5, 5.41) is 4.95. The average molecular weight is 364 g/mol. The highest BCUT2D eigenvalue weighted by atomic mass is 16.5. The molecule has 1 aliphatic rings. The number of rotatable bonds is 5. The van der Waals surface area contributed by atoms with Crippen LogP contribution in [0.3, 0.4) is 0 Å². The van der Waals surface area contributed by atoms with Crippen LogP contribution in [0.1, 0.15) is 17.5 Å². The fourth-order valence-corrected chi connectivity index (χ4v) is 3.51. The smallest absolute Gasteiger partial charge is 0.258 e. The summed E-state index contributed by atoms with van der Waals surface area (Å²) in [5.41, 5.74) is 2.07. The van der Waals surface area contributed by atoms with Crippen molar-refractivity contribution in [2.24, 2.45) is 0 Å². The van der Waals surface area contributed by atoms with Crippen molar-refractivity contribution in [2.75, 3.05) is 20.2 Å². The first kappa shape index (κ1) is 17.6. The summed E-state index contributed by atoms with van der Waals surface area (Å²) in [6, 6.07) is 13.7. The Balaban J connectivity index is 1.63. The van der Waals surface area contributed by atoms with Crippen molar-refractivity contribution >= 4 is 10.8 Å². The summed E-state index contributed by atoms with van der Waals surface area (Å²) in [6.45, 7) is 4.40. The van der Waals surface area contributed by atoms with Crippen molar-refractivity contribution in [1.82, 2.24) is 9.88 Å². The third-order valence-electron chi connectivity index (χ3n) is 5.09. The van der Waals surface area contributed by atoms with Crippen LogP contribution in [-0.2, 0) is 6.54 Å². The molecule has 0 spiro atoms. The molecule has 2 aromatic carbocycles. The molecule has 1 atom stereocenters. The van der Waals surface area contributed by atoms with Crippen LogP contribution < -0.4 is 20.3 Å². The van der Waals surface area contributed by atoms with E-state index < -0.39 is 0 Å². The molecular weight excluding hydrogens is 340 g/mol. The van der Waals surface area contributed by atoms with Gasteiger partial charge in [-0.05, 0) is 66.7 Å². The average Bonchev–Trinajstić information content (AvgIpc) is 3.19. The first-order chi connectivity index (χ1) is 13.1. The molecule has 4 rings (SSSR count). The minimum Gasteiger partial charge on any atom is -0.497 e. The van der Waals surface area contributed by atoms with E-state index in [-0.39, 0.29) is 11.7 Å². The number of hydrogen-bond acceptors (Lipinski definition) is 4. The number of methoxy groups -OCH3 is 1. The van der Waals surface area contributed by atoms with Crippen molar-refractivity contribution in [3.63, 3.8) is 0 Å². The summed E-state index contributed by atoms with van der Waals surface area (Å²) in [6.07, 6.45) is 3.07. The highest BCUT2D eigenvalue weighted by Crippen LogP contribution is 2.25. The zero-order valence-corrected chi connectivity index (χ0v) is 15.7. The van der Waals surface area contributed by atoms with Gasteiger partial charge in [-0.1, -0.05) is 12.1 Å². The molecular formula is C22H24N2O3. The highest BCUT2D eigenvalue weighted by Gasteiger charge is 2.17. The molecule has 27 heavy (non-hydrogen) atoms. The fourth-order valence-electron chi connectivity index (χ4n) is 3.51. The SMILES string of the molecule is COc1ccc(Cn2ccc3cc(OC4CCNC4)c(C)cc3c2=O)cc1. The standard InChI is InChI=1S/C22H24N2O3/c1-15-11-20-17(12-21(15)27-19-7-9-23-13-19)8-10-24(22(20)25)14-16-3-5-18(26-2)6-4-16/h3-6,8,10-12,19,23H,7,9,13-14H2,1-2H3. The first-order valence-corrected chi connectivity index (χ1v) is 9.28. The van der Waals surface area contributed by atoms with Gasteiger partial charge in [-0.2, -0.15) is 0 Å². The van der Waals surface area contributed by atoms with E-state index in [0.717, 1.165) is 52.9 Å². The Bertz CT molecular complexity index is 1000. The Morgan fingerprint density at radius 3 is 2.70 bits per heavy atom. The van der Waals surface area contributed by atoms with Crippen LogP contribution in [0, 0.1) is 6.92 Å². The molecule has 1 unspecified atom stereocenters. The van der Waals surface area contributed by atoms with E-state index in [1.807, 2.05) is 55.6 Å². The van der Waals surface area contributed by atoms with Crippen LogP contribution >= 0.6 is 0 Å². The van der Waals surface area contributed by atoms with Crippen LogP contribution in [0.4, 0.5) is 0 Å². The summed E-state index contributed by atoms with van der Waals surface area (Å²) in [4.78, 5) is 13.0. The quantitative estimate of drug-likeness (QED) is 0.756. The van der Waals surface area contributed by atoms with Gasteiger partial charge in [-0.25, -0.2) is 0 Å². The molecule has 0 radical (unpaired) electrons. The van der Waals surface area contributed by atoms with Gasteiger partial charge in [-0.15, -0.1) is 0 Å². The van der Waals surface area contributed by atoms with Gasteiger partial charge in [0.1, 0.15) is 17.6 Å². The predicted octanol–water partition coefficient (Wildman–Crippen LogP) is 3.11. The van der Waals surface area contributed by atoms with Crippen molar-refractivity contribution < 1.29 is 9.47 Å². The largest absolute Gasteiger partial charge is 0.497 e. The van der Waals surface area contributed by atoms with Gasteiger partial charge in [0.15, 0.2) is 0 Å². The predicted molar refractivity (Wildman–Crippen MR) is 107 cm³/mol. The molecule has 1 N–H and O–H groups in total. The second-order valence-electron chi connectivity index (χ2n) is 7.03. The molecule has 1 aromatic heterocycles. The van der Waals surface area contributed by atoms with Crippen molar-refractivity contribution in [3.05, 3.63) is 70.1 Å². The second-order valence-corrected chi connectivity index (χ2v) is 7.03. The maximum atomic E-state index is 13.0. The zero-order chi connectivity index (χ0) is 18.8. The summed E-state index contributed by atoms with van der Waals surface area (Å²) < 4.78 is 13.0. The van der Waals surface area contributed by atoms with E-state index in [1.54, 1.807) is 11.7 Å². The normalized spacial score (nSPS) is 16.6. The number of nitrogens with one attached hydrogen (secondary N) is 1. The third kappa shape index (κ3) is 3.69. The molecule has 5 nitrogen and oxygen atoms in total. The Morgan fingerprint density at radius 1 is 1.19 bits per heavy atom. The summed E-state index contributed by atoms with van der Waals surface area (Å²) >= 11 is 0. The molecule has 0 saturated carbocycles. The van der Waals surface area contributed by atoms with Crippen molar-refractivity contribution in [3.8, 4) is 11.5 Å². The van der Waals surface area contributed by atoms with Gasteiger partial charge in [0.25, 0.3) is 5.56 Å². The van der Waals surface area contributed by atoms with Gasteiger partial charge in [-0.3, -0.25) is 4.79 Å². The molecule has 0 aliphatic carbocycles. The van der Waals surface area contributed by atoms with E-state index in [1.165, 1.54) is 0 Å². The minimum atomic E-state index is 0.0144. The molecule has 0 bridgehead atoms. The van der Waals surface area contributed by atoms with Crippen LogP contribution in [-0.4, -0.2) is 30.9 Å². The van der Waals surface area contributed by atoms with Crippen molar-refractivity contribution in [1.29, 1.82) is 0 Å². The lowest BCUT2D eigenvalue weighted by atomic mass is 10.1. The Kier molecular flexibility index (Phi) is 4.86. The second kappa shape index (κ2) is 7.45. The van der Waals surface area contributed by atoms with E-state index in [0.29, 0.717) is 6.54 Å². The number of ether oxygens (including phenoxy) is 2. The maximum Gasteiger partial charge on any atom is 0.258 e. The lowest BCUT2D eigenvalue weighted by Gasteiger charge is -2.16. The maximum absolute atomic E-state index is 13.0. The number of aromatic nitrogens is 1. The Morgan fingerprint density at radius 2 is 2.00 bits per heavy atom. The number of aryl methyl sites for hydroxylation is 1. The van der Waals surface area contributed by atoms with Crippen LogP contribution in [0.15, 0.2) is 53.5 Å². The van der Waals surface area contributed by atoms with E-state index in [2.05, 4.69) is 5.32 Å². The number of fused-ring (bicyclic) bond motifs is 1. The summed E-state index contributed by atoms with van der Waals surface area (Å²) in [5.74, 6) is 1.67. The molecule has 140 valence electrons. The fraction of sp³-hybridized carbons (Fsp3) is 0.318. The van der Waals surface area contributed by atoms with Gasteiger partial charge in [0.2, 0.25) is 0 Å². The lowest BCUT2D eigenvalue weighted by molar-refractivity contribution is 0.222. The van der Waals surface area contributed by atoms with Crippen molar-refractivity contribution in [2.45, 2.75) is 26.0 Å².